The number of carbonyl (C=O) groups excluding carboxylic acids is 1. The first-order chi connectivity index (χ1) is 10.9. The number of carboxylic acid groups (broad SMARTS) is 2. The molecule has 4 atom stereocenters. The number of aliphatic carboxylic acids is 2. The van der Waals surface area contributed by atoms with Gasteiger partial charge in [-0.3, -0.25) is 4.79 Å². The Morgan fingerprint density at radius 1 is 1.21 bits per heavy atom. The quantitative estimate of drug-likeness (QED) is 0.671. The van der Waals surface area contributed by atoms with E-state index in [1.54, 1.807) is 20.8 Å². The minimum absolute atomic E-state index is 0.125. The standard InChI is InChI=1S/C16H27NO7/c1-8(2)6-10(17-15(22)24-16(3,4)5)12-9(13(18)19)7-11(23-12)14(20)21/h8-12H,6-7H2,1-5H3,(H,17,22)(H,18,19)(H,20,21). The number of ether oxygens (including phenoxy) is 2. The molecule has 0 spiro atoms. The van der Waals surface area contributed by atoms with Gasteiger partial charge in [0.2, 0.25) is 0 Å². The Balaban J connectivity index is 2.94. The summed E-state index contributed by atoms with van der Waals surface area (Å²) in [6, 6.07) is -0.648. The highest BCUT2D eigenvalue weighted by atomic mass is 16.6. The summed E-state index contributed by atoms with van der Waals surface area (Å²) >= 11 is 0. The van der Waals surface area contributed by atoms with Crippen molar-refractivity contribution >= 4 is 18.0 Å². The van der Waals surface area contributed by atoms with Crippen LogP contribution >= 0.6 is 0 Å². The van der Waals surface area contributed by atoms with Gasteiger partial charge in [0.15, 0.2) is 6.10 Å². The van der Waals surface area contributed by atoms with Gasteiger partial charge in [-0.2, -0.15) is 0 Å². The monoisotopic (exact) mass is 345 g/mol. The van der Waals surface area contributed by atoms with E-state index in [2.05, 4.69) is 5.32 Å². The van der Waals surface area contributed by atoms with Crippen LogP contribution in [0.15, 0.2) is 0 Å². The molecule has 0 aromatic heterocycles. The van der Waals surface area contributed by atoms with Gasteiger partial charge in [0.25, 0.3) is 0 Å². The summed E-state index contributed by atoms with van der Waals surface area (Å²) in [5.74, 6) is -3.19. The van der Waals surface area contributed by atoms with Crippen LogP contribution in [0.25, 0.3) is 0 Å². The fourth-order valence-corrected chi connectivity index (χ4v) is 2.72. The van der Waals surface area contributed by atoms with Crippen molar-refractivity contribution in [3.8, 4) is 0 Å². The van der Waals surface area contributed by atoms with Crippen molar-refractivity contribution in [1.29, 1.82) is 0 Å². The van der Waals surface area contributed by atoms with Gasteiger partial charge in [0, 0.05) is 6.42 Å². The van der Waals surface area contributed by atoms with E-state index in [1.807, 2.05) is 13.8 Å². The molecule has 1 aliphatic heterocycles. The first kappa shape index (κ1) is 20.2. The molecule has 3 N–H and O–H groups in total. The molecule has 0 radical (unpaired) electrons. The first-order valence-electron chi connectivity index (χ1n) is 8.01. The third-order valence-corrected chi connectivity index (χ3v) is 3.60. The summed E-state index contributed by atoms with van der Waals surface area (Å²) in [7, 11) is 0. The number of rotatable bonds is 6. The molecule has 24 heavy (non-hydrogen) atoms. The van der Waals surface area contributed by atoms with Crippen LogP contribution in [0.5, 0.6) is 0 Å². The smallest absolute Gasteiger partial charge is 0.407 e. The van der Waals surface area contributed by atoms with Crippen molar-refractivity contribution < 1.29 is 34.1 Å². The highest BCUT2D eigenvalue weighted by Gasteiger charge is 2.47. The molecule has 1 amide bonds. The lowest BCUT2D eigenvalue weighted by Crippen LogP contribution is -2.49. The third kappa shape index (κ3) is 5.99. The van der Waals surface area contributed by atoms with Crippen LogP contribution in [0.1, 0.15) is 47.5 Å². The number of carboxylic acids is 2. The average Bonchev–Trinajstić information content (AvgIpc) is 2.79. The second-order valence-corrected chi connectivity index (χ2v) is 7.49. The second kappa shape index (κ2) is 7.83. The van der Waals surface area contributed by atoms with Crippen LogP contribution < -0.4 is 5.32 Å². The fraction of sp³-hybridized carbons (Fsp3) is 0.812. The van der Waals surface area contributed by atoms with Crippen molar-refractivity contribution in [2.24, 2.45) is 11.8 Å². The number of hydrogen-bond donors (Lipinski definition) is 3. The van der Waals surface area contributed by atoms with Crippen LogP contribution in [-0.2, 0) is 19.1 Å². The Morgan fingerprint density at radius 2 is 1.79 bits per heavy atom. The SMILES string of the molecule is CC(C)CC(NC(=O)OC(C)(C)C)C1OC(C(=O)O)CC1C(=O)O. The van der Waals surface area contributed by atoms with E-state index >= 15 is 0 Å². The van der Waals surface area contributed by atoms with Gasteiger partial charge in [-0.25, -0.2) is 9.59 Å². The summed E-state index contributed by atoms with van der Waals surface area (Å²) in [5.41, 5.74) is -0.696. The summed E-state index contributed by atoms with van der Waals surface area (Å²) in [4.78, 5) is 34.7. The molecule has 0 aromatic rings. The zero-order chi connectivity index (χ0) is 18.7. The lowest BCUT2D eigenvalue weighted by Gasteiger charge is -2.29. The number of amides is 1. The molecule has 0 aromatic carbocycles. The predicted molar refractivity (Wildman–Crippen MR) is 84.7 cm³/mol. The first-order valence-corrected chi connectivity index (χ1v) is 8.01. The highest BCUT2D eigenvalue weighted by molar-refractivity contribution is 5.77. The third-order valence-electron chi connectivity index (χ3n) is 3.60. The van der Waals surface area contributed by atoms with Crippen LogP contribution in [0, 0.1) is 11.8 Å². The number of carbonyl (C=O) groups is 3. The number of alkyl carbamates (subject to hydrolysis) is 1. The maximum Gasteiger partial charge on any atom is 0.407 e. The fourth-order valence-electron chi connectivity index (χ4n) is 2.72. The van der Waals surface area contributed by atoms with Gasteiger partial charge >= 0.3 is 18.0 Å². The molecular formula is C16H27NO7. The molecule has 0 saturated carbocycles. The largest absolute Gasteiger partial charge is 0.481 e. The molecule has 138 valence electrons. The molecule has 1 saturated heterocycles. The Labute approximate surface area is 141 Å². The topological polar surface area (TPSA) is 122 Å². The maximum atomic E-state index is 12.0. The molecule has 0 aliphatic carbocycles. The molecule has 1 rings (SSSR count). The molecule has 1 fully saturated rings. The van der Waals surface area contributed by atoms with E-state index in [0.29, 0.717) is 6.42 Å². The summed E-state index contributed by atoms with van der Waals surface area (Å²) in [6.45, 7) is 9.00. The van der Waals surface area contributed by atoms with Gasteiger partial charge in [-0.1, -0.05) is 13.8 Å². The van der Waals surface area contributed by atoms with Crippen molar-refractivity contribution in [1.82, 2.24) is 5.32 Å². The number of hydrogen-bond acceptors (Lipinski definition) is 5. The Bertz CT molecular complexity index is 483. The molecule has 0 bridgehead atoms. The van der Waals surface area contributed by atoms with Crippen LogP contribution in [-0.4, -0.2) is 52.1 Å². The van der Waals surface area contributed by atoms with Crippen LogP contribution in [0.3, 0.4) is 0 Å². The number of nitrogens with one attached hydrogen (secondary N) is 1. The lowest BCUT2D eigenvalue weighted by atomic mass is 9.90. The minimum Gasteiger partial charge on any atom is -0.481 e. The van der Waals surface area contributed by atoms with Gasteiger partial charge < -0.3 is 25.0 Å². The van der Waals surface area contributed by atoms with Gasteiger partial charge in [-0.15, -0.1) is 0 Å². The maximum absolute atomic E-state index is 12.0. The molecule has 4 unspecified atom stereocenters. The highest BCUT2D eigenvalue weighted by Crippen LogP contribution is 2.31. The lowest BCUT2D eigenvalue weighted by molar-refractivity contribution is -0.151. The van der Waals surface area contributed by atoms with Crippen molar-refractivity contribution in [3.63, 3.8) is 0 Å². The minimum atomic E-state index is -1.20. The van der Waals surface area contributed by atoms with E-state index in [4.69, 9.17) is 14.6 Å². The molecule has 1 heterocycles. The van der Waals surface area contributed by atoms with Gasteiger partial charge in [0.1, 0.15) is 5.60 Å². The zero-order valence-corrected chi connectivity index (χ0v) is 14.7. The molecule has 8 nitrogen and oxygen atoms in total. The van der Waals surface area contributed by atoms with E-state index in [9.17, 15) is 19.5 Å². The van der Waals surface area contributed by atoms with E-state index < -0.39 is 47.8 Å². The predicted octanol–water partition coefficient (Wildman–Crippen LogP) is 1.87. The summed E-state index contributed by atoms with van der Waals surface area (Å²) < 4.78 is 10.7. The average molecular weight is 345 g/mol. The van der Waals surface area contributed by atoms with Gasteiger partial charge in [0.05, 0.1) is 18.1 Å². The van der Waals surface area contributed by atoms with E-state index in [1.165, 1.54) is 0 Å². The van der Waals surface area contributed by atoms with Crippen LogP contribution in [0.2, 0.25) is 0 Å². The Kier molecular flexibility index (Phi) is 6.59. The normalized spacial score (nSPS) is 25.3. The van der Waals surface area contributed by atoms with E-state index in [0.717, 1.165) is 0 Å². The summed E-state index contributed by atoms with van der Waals surface area (Å²) in [5, 5.41) is 21.1. The van der Waals surface area contributed by atoms with Crippen molar-refractivity contribution in [2.75, 3.05) is 0 Å². The summed E-state index contributed by atoms with van der Waals surface area (Å²) in [6.07, 6.45) is -2.47. The van der Waals surface area contributed by atoms with Gasteiger partial charge in [-0.05, 0) is 33.1 Å². The molecular weight excluding hydrogens is 318 g/mol. The Morgan fingerprint density at radius 3 is 2.21 bits per heavy atom. The zero-order valence-electron chi connectivity index (χ0n) is 14.7. The molecule has 8 heteroatoms. The van der Waals surface area contributed by atoms with E-state index in [-0.39, 0.29) is 12.3 Å². The molecule has 1 aliphatic rings. The Hall–Kier alpha value is -1.83. The second-order valence-electron chi connectivity index (χ2n) is 7.49. The van der Waals surface area contributed by atoms with Crippen molar-refractivity contribution in [3.05, 3.63) is 0 Å². The van der Waals surface area contributed by atoms with Crippen molar-refractivity contribution in [2.45, 2.75) is 71.3 Å². The van der Waals surface area contributed by atoms with Crippen LogP contribution in [0.4, 0.5) is 4.79 Å².